The van der Waals surface area contributed by atoms with E-state index in [1.807, 2.05) is 6.08 Å². The number of nitrogens with zero attached hydrogens (tertiary/aromatic N) is 4. The monoisotopic (exact) mass is 403 g/mol. The zero-order valence-electron chi connectivity index (χ0n) is 17.6. The van der Waals surface area contributed by atoms with Crippen molar-refractivity contribution < 1.29 is 9.47 Å². The Hall–Kier alpha value is -3.47. The summed E-state index contributed by atoms with van der Waals surface area (Å²) in [5.41, 5.74) is 6.37. The molecule has 2 N–H and O–H groups in total. The van der Waals surface area contributed by atoms with Crippen molar-refractivity contribution in [3.8, 4) is 29.7 Å². The van der Waals surface area contributed by atoms with Gasteiger partial charge in [-0.15, -0.1) is 0 Å². The minimum absolute atomic E-state index is 0.00497. The first-order valence-electron chi connectivity index (χ1n) is 9.77. The maximum atomic E-state index is 10.2. The zero-order chi connectivity index (χ0) is 22.1. The second kappa shape index (κ2) is 8.11. The summed E-state index contributed by atoms with van der Waals surface area (Å²) in [5.74, 6) is 0.238. The fraction of sp³-hybridized carbons (Fsp3) is 0.435. The Labute approximate surface area is 177 Å². The molecular weight excluding hydrogens is 378 g/mol. The molecule has 0 unspecified atom stereocenters. The quantitative estimate of drug-likeness (QED) is 0.821. The highest BCUT2D eigenvalue weighted by Gasteiger charge is 2.55. The van der Waals surface area contributed by atoms with E-state index < -0.39 is 11.3 Å². The highest BCUT2D eigenvalue weighted by atomic mass is 16.5. The van der Waals surface area contributed by atoms with E-state index in [9.17, 15) is 15.8 Å². The van der Waals surface area contributed by atoms with Crippen LogP contribution in [0, 0.1) is 45.3 Å². The lowest BCUT2D eigenvalue weighted by molar-refractivity contribution is 0.172. The van der Waals surface area contributed by atoms with E-state index in [1.54, 1.807) is 32.4 Å². The minimum Gasteiger partial charge on any atom is -0.497 e. The fourth-order valence-corrected chi connectivity index (χ4v) is 4.55. The number of ether oxygens (including phenoxy) is 2. The van der Waals surface area contributed by atoms with Gasteiger partial charge in [-0.3, -0.25) is 4.90 Å². The predicted octanol–water partition coefficient (Wildman–Crippen LogP) is 2.84. The van der Waals surface area contributed by atoms with Gasteiger partial charge in [0.15, 0.2) is 5.41 Å². The Morgan fingerprint density at radius 1 is 1.17 bits per heavy atom. The third-order valence-electron chi connectivity index (χ3n) is 6.19. The number of hydrogen-bond donors (Lipinski definition) is 1. The van der Waals surface area contributed by atoms with Crippen LogP contribution in [0.4, 0.5) is 0 Å². The van der Waals surface area contributed by atoms with Crippen molar-refractivity contribution in [3.05, 3.63) is 46.7 Å². The molecule has 3 rings (SSSR count). The highest BCUT2D eigenvalue weighted by Crippen LogP contribution is 2.56. The van der Waals surface area contributed by atoms with Crippen LogP contribution in [-0.2, 0) is 0 Å². The van der Waals surface area contributed by atoms with Crippen molar-refractivity contribution in [2.45, 2.75) is 25.8 Å². The molecule has 1 aliphatic heterocycles. The van der Waals surface area contributed by atoms with E-state index in [-0.39, 0.29) is 23.2 Å². The molecule has 0 radical (unpaired) electrons. The molecule has 1 heterocycles. The largest absolute Gasteiger partial charge is 0.497 e. The molecule has 1 aromatic carbocycles. The molecule has 0 saturated heterocycles. The Morgan fingerprint density at radius 3 is 2.40 bits per heavy atom. The van der Waals surface area contributed by atoms with E-state index in [0.717, 1.165) is 5.57 Å². The van der Waals surface area contributed by atoms with Crippen molar-refractivity contribution in [1.29, 1.82) is 15.8 Å². The van der Waals surface area contributed by atoms with Crippen LogP contribution in [0.3, 0.4) is 0 Å². The summed E-state index contributed by atoms with van der Waals surface area (Å²) in [6.45, 7) is 5.47. The molecule has 154 valence electrons. The minimum atomic E-state index is -1.70. The van der Waals surface area contributed by atoms with Crippen molar-refractivity contribution in [3.63, 3.8) is 0 Å². The van der Waals surface area contributed by atoms with Crippen LogP contribution in [-0.4, -0.2) is 38.3 Å². The maximum Gasteiger partial charge on any atom is 0.191 e. The summed E-state index contributed by atoms with van der Waals surface area (Å²) >= 11 is 0. The van der Waals surface area contributed by atoms with Crippen LogP contribution < -0.4 is 15.2 Å². The summed E-state index contributed by atoms with van der Waals surface area (Å²) < 4.78 is 11.0. The molecule has 0 aromatic heterocycles. The molecule has 0 amide bonds. The third-order valence-corrected chi connectivity index (χ3v) is 6.19. The van der Waals surface area contributed by atoms with Crippen molar-refractivity contribution in [2.24, 2.45) is 17.1 Å². The molecular formula is C23H25N5O2. The molecule has 0 saturated carbocycles. The van der Waals surface area contributed by atoms with E-state index in [0.29, 0.717) is 30.2 Å². The second-order valence-corrected chi connectivity index (χ2v) is 7.83. The fourth-order valence-electron chi connectivity index (χ4n) is 4.55. The number of rotatable bonds is 4. The lowest BCUT2D eigenvalue weighted by Gasteiger charge is -2.46. The van der Waals surface area contributed by atoms with Gasteiger partial charge in [0.05, 0.1) is 37.6 Å². The van der Waals surface area contributed by atoms with E-state index in [1.165, 1.54) is 0 Å². The topological polar surface area (TPSA) is 119 Å². The third kappa shape index (κ3) is 3.07. The van der Waals surface area contributed by atoms with Gasteiger partial charge in [-0.2, -0.15) is 15.8 Å². The average molecular weight is 403 g/mol. The van der Waals surface area contributed by atoms with E-state index >= 15 is 0 Å². The highest BCUT2D eigenvalue weighted by molar-refractivity contribution is 5.61. The van der Waals surface area contributed by atoms with Gasteiger partial charge < -0.3 is 15.2 Å². The Kier molecular flexibility index (Phi) is 5.74. The number of allylic oxidation sites excluding steroid dienone is 2. The van der Waals surface area contributed by atoms with Gasteiger partial charge in [0.1, 0.15) is 17.6 Å². The Bertz CT molecular complexity index is 1020. The van der Waals surface area contributed by atoms with Crippen LogP contribution in [0.2, 0.25) is 0 Å². The van der Waals surface area contributed by atoms with E-state index in [2.05, 4.69) is 37.0 Å². The molecule has 7 nitrogen and oxygen atoms in total. The first-order chi connectivity index (χ1) is 14.4. The molecule has 2 aliphatic rings. The first-order valence-corrected chi connectivity index (χ1v) is 9.77. The van der Waals surface area contributed by atoms with Crippen LogP contribution in [0.15, 0.2) is 41.1 Å². The molecule has 1 aliphatic carbocycles. The van der Waals surface area contributed by atoms with Crippen molar-refractivity contribution in [2.75, 3.05) is 27.3 Å². The van der Waals surface area contributed by atoms with Gasteiger partial charge in [-0.25, -0.2) is 0 Å². The van der Waals surface area contributed by atoms with Gasteiger partial charge in [-0.1, -0.05) is 6.08 Å². The number of methoxy groups -OCH3 is 2. The summed E-state index contributed by atoms with van der Waals surface area (Å²) in [6, 6.07) is 12.1. The van der Waals surface area contributed by atoms with Gasteiger partial charge in [-0.05, 0) is 37.6 Å². The maximum absolute atomic E-state index is 10.2. The van der Waals surface area contributed by atoms with Crippen LogP contribution >= 0.6 is 0 Å². The number of nitrogens with two attached hydrogens (primary N) is 1. The number of fused-ring (bicyclic) bond motifs is 1. The molecule has 7 heteroatoms. The number of benzene rings is 1. The second-order valence-electron chi connectivity index (χ2n) is 7.83. The van der Waals surface area contributed by atoms with E-state index in [4.69, 9.17) is 15.2 Å². The molecule has 0 bridgehead atoms. The zero-order valence-corrected chi connectivity index (χ0v) is 17.6. The molecule has 0 fully saturated rings. The molecule has 2 atom stereocenters. The van der Waals surface area contributed by atoms with Crippen LogP contribution in [0.1, 0.15) is 25.3 Å². The lowest BCUT2D eigenvalue weighted by Crippen LogP contribution is -2.49. The predicted molar refractivity (Wildman–Crippen MR) is 111 cm³/mol. The Morgan fingerprint density at radius 2 is 1.87 bits per heavy atom. The standard InChI is InChI=1S/C23H25N5O2/c1-14(2)28-8-7-16-18(10-24)22(27)23(12-25,13-26)21(19(16)11-28)17-9-15(29-3)5-6-20(17)30-4/h5-7,9,14,19,21H,8,11,27H2,1-4H3/t19-,21+/m1/s1. The smallest absolute Gasteiger partial charge is 0.191 e. The normalized spacial score (nSPS) is 22.9. The van der Waals surface area contributed by atoms with Crippen LogP contribution in [0.25, 0.3) is 0 Å². The number of hydrogen-bond acceptors (Lipinski definition) is 7. The van der Waals surface area contributed by atoms with Gasteiger partial charge >= 0.3 is 0 Å². The Balaban J connectivity index is 2.37. The van der Waals surface area contributed by atoms with Crippen molar-refractivity contribution >= 4 is 0 Å². The van der Waals surface area contributed by atoms with Gasteiger partial charge in [0.25, 0.3) is 0 Å². The van der Waals surface area contributed by atoms with Gasteiger partial charge in [0.2, 0.25) is 0 Å². The summed E-state index contributed by atoms with van der Waals surface area (Å²) in [6.07, 6.45) is 2.00. The first kappa shape index (κ1) is 21.2. The van der Waals surface area contributed by atoms with Crippen molar-refractivity contribution in [1.82, 2.24) is 4.90 Å². The van der Waals surface area contributed by atoms with Crippen LogP contribution in [0.5, 0.6) is 11.5 Å². The summed E-state index contributed by atoms with van der Waals surface area (Å²) in [5, 5.41) is 30.3. The number of nitriles is 3. The lowest BCUT2D eigenvalue weighted by atomic mass is 9.58. The summed E-state index contributed by atoms with van der Waals surface area (Å²) in [4.78, 5) is 2.25. The average Bonchev–Trinajstić information content (AvgIpc) is 2.77. The molecule has 1 aromatic rings. The SMILES string of the molecule is COc1ccc(OC)c([C@H]2[C@@H]3CN(C(C)C)CC=C3C(C#N)=C(N)C2(C#N)C#N)c1. The summed E-state index contributed by atoms with van der Waals surface area (Å²) in [7, 11) is 3.11. The molecule has 0 spiro atoms. The van der Waals surface area contributed by atoms with Gasteiger partial charge in [0, 0.05) is 36.5 Å². The molecule has 30 heavy (non-hydrogen) atoms.